The summed E-state index contributed by atoms with van der Waals surface area (Å²) >= 11 is 0. The second kappa shape index (κ2) is 9.85. The molecule has 36 heavy (non-hydrogen) atoms. The molecule has 0 spiro atoms. The minimum atomic E-state index is -1.35. The van der Waals surface area contributed by atoms with Crippen molar-refractivity contribution in [3.63, 3.8) is 0 Å². The molecule has 1 amide bonds. The summed E-state index contributed by atoms with van der Waals surface area (Å²) in [5.74, 6) is 5.83. The number of anilines is 1. The average molecular weight is 487 g/mol. The van der Waals surface area contributed by atoms with Crippen LogP contribution in [0.1, 0.15) is 28.2 Å². The van der Waals surface area contributed by atoms with Gasteiger partial charge in [-0.25, -0.2) is 0 Å². The Morgan fingerprint density at radius 2 is 2.08 bits per heavy atom. The second-order valence-corrected chi connectivity index (χ2v) is 8.79. The zero-order chi connectivity index (χ0) is 25.1. The van der Waals surface area contributed by atoms with E-state index in [0.29, 0.717) is 43.4 Å². The van der Waals surface area contributed by atoms with Crippen LogP contribution >= 0.6 is 0 Å². The molecular formula is C27H26N4O5. The molecule has 2 N–H and O–H groups in total. The second-order valence-electron chi connectivity index (χ2n) is 8.79. The van der Waals surface area contributed by atoms with Gasteiger partial charge in [0.2, 0.25) is 5.79 Å². The van der Waals surface area contributed by atoms with E-state index in [1.807, 2.05) is 49.2 Å². The SMILES string of the molecule is Cc1ccc(Oc2ccnc(C(=O)N[C@H]3COc4ccc(C#CC5(O)CCO5)cc4N(C)C3)c2)cn1. The summed E-state index contributed by atoms with van der Waals surface area (Å²) in [6.45, 7) is 3.23. The number of aryl methyl sites for hydroxylation is 1. The lowest BCUT2D eigenvalue weighted by atomic mass is 10.1. The Morgan fingerprint density at radius 3 is 2.83 bits per heavy atom. The van der Waals surface area contributed by atoms with Gasteiger partial charge in [0, 0.05) is 43.5 Å². The Kier molecular flexibility index (Phi) is 6.46. The van der Waals surface area contributed by atoms with Crippen LogP contribution in [0.3, 0.4) is 0 Å². The summed E-state index contributed by atoms with van der Waals surface area (Å²) < 4.78 is 16.9. The molecule has 0 saturated carbocycles. The molecular weight excluding hydrogens is 460 g/mol. The predicted octanol–water partition coefficient (Wildman–Crippen LogP) is 2.66. The van der Waals surface area contributed by atoms with Crippen LogP contribution in [-0.2, 0) is 4.74 Å². The third kappa shape index (κ3) is 5.40. The Hall–Kier alpha value is -4.13. The van der Waals surface area contributed by atoms with E-state index in [0.717, 1.165) is 16.9 Å². The van der Waals surface area contributed by atoms with Crippen molar-refractivity contribution in [2.75, 3.05) is 31.7 Å². The van der Waals surface area contributed by atoms with Crippen LogP contribution in [0.4, 0.5) is 5.69 Å². The number of aromatic nitrogens is 2. The van der Waals surface area contributed by atoms with Crippen molar-refractivity contribution in [1.29, 1.82) is 0 Å². The largest absolute Gasteiger partial charge is 0.489 e. The van der Waals surface area contributed by atoms with Crippen molar-refractivity contribution in [2.24, 2.45) is 0 Å². The number of carbonyl (C=O) groups excluding carboxylic acids is 1. The summed E-state index contributed by atoms with van der Waals surface area (Å²) in [7, 11) is 1.93. The van der Waals surface area contributed by atoms with E-state index in [1.54, 1.807) is 18.3 Å². The molecule has 3 aromatic rings. The van der Waals surface area contributed by atoms with E-state index in [4.69, 9.17) is 14.2 Å². The van der Waals surface area contributed by atoms with Crippen LogP contribution in [0, 0.1) is 18.8 Å². The highest BCUT2D eigenvalue weighted by molar-refractivity contribution is 5.92. The topological polar surface area (TPSA) is 106 Å². The number of pyridine rings is 2. The molecule has 0 aliphatic carbocycles. The molecule has 0 bridgehead atoms. The third-order valence-electron chi connectivity index (χ3n) is 5.91. The fraction of sp³-hybridized carbons (Fsp3) is 0.296. The summed E-state index contributed by atoms with van der Waals surface area (Å²) in [5.41, 5.74) is 2.72. The fourth-order valence-electron chi connectivity index (χ4n) is 3.85. The quantitative estimate of drug-likeness (QED) is 0.543. The van der Waals surface area contributed by atoms with E-state index < -0.39 is 5.79 Å². The number of hydrogen-bond donors (Lipinski definition) is 2. The van der Waals surface area contributed by atoms with Crippen LogP contribution in [0.5, 0.6) is 17.2 Å². The number of aliphatic hydroxyl groups is 1. The highest BCUT2D eigenvalue weighted by Crippen LogP contribution is 2.31. The van der Waals surface area contributed by atoms with Gasteiger partial charge in [0.15, 0.2) is 0 Å². The minimum absolute atomic E-state index is 0.241. The molecule has 1 unspecified atom stereocenters. The van der Waals surface area contributed by atoms with Crippen molar-refractivity contribution in [3.05, 3.63) is 71.8 Å². The van der Waals surface area contributed by atoms with E-state index in [1.165, 1.54) is 6.20 Å². The summed E-state index contributed by atoms with van der Waals surface area (Å²) in [4.78, 5) is 23.4. The molecule has 9 heteroatoms. The molecule has 4 heterocycles. The molecule has 2 atom stereocenters. The predicted molar refractivity (Wildman–Crippen MR) is 132 cm³/mol. The number of hydrogen-bond acceptors (Lipinski definition) is 8. The molecule has 5 rings (SSSR count). The van der Waals surface area contributed by atoms with Gasteiger partial charge in [-0.15, -0.1) is 0 Å². The summed E-state index contributed by atoms with van der Waals surface area (Å²) in [6, 6.07) is 12.2. The number of nitrogens with one attached hydrogen (secondary N) is 1. The van der Waals surface area contributed by atoms with Gasteiger partial charge < -0.3 is 29.5 Å². The van der Waals surface area contributed by atoms with Crippen molar-refractivity contribution >= 4 is 11.6 Å². The van der Waals surface area contributed by atoms with E-state index in [-0.39, 0.29) is 17.6 Å². The fourth-order valence-corrected chi connectivity index (χ4v) is 3.85. The van der Waals surface area contributed by atoms with Crippen molar-refractivity contribution < 1.29 is 24.1 Å². The minimum Gasteiger partial charge on any atom is -0.489 e. The van der Waals surface area contributed by atoms with Crippen LogP contribution in [0.15, 0.2) is 54.9 Å². The molecule has 1 aromatic carbocycles. The van der Waals surface area contributed by atoms with Crippen molar-refractivity contribution in [1.82, 2.24) is 15.3 Å². The van der Waals surface area contributed by atoms with Gasteiger partial charge in [0.05, 0.1) is 24.5 Å². The lowest BCUT2D eigenvalue weighted by molar-refractivity contribution is -0.240. The maximum Gasteiger partial charge on any atom is 0.270 e. The van der Waals surface area contributed by atoms with Gasteiger partial charge in [-0.2, -0.15) is 0 Å². The highest BCUT2D eigenvalue weighted by Gasteiger charge is 2.33. The molecule has 2 aromatic heterocycles. The number of likely N-dealkylation sites (N-methyl/N-ethyl adjacent to an activating group) is 1. The van der Waals surface area contributed by atoms with Crippen molar-refractivity contribution in [2.45, 2.75) is 25.2 Å². The number of fused-ring (bicyclic) bond motifs is 1. The van der Waals surface area contributed by atoms with Crippen LogP contribution in [-0.4, -0.2) is 59.6 Å². The number of carbonyl (C=O) groups is 1. The van der Waals surface area contributed by atoms with E-state index in [9.17, 15) is 9.90 Å². The molecule has 1 saturated heterocycles. The maximum absolute atomic E-state index is 13.0. The molecule has 1 fully saturated rings. The average Bonchev–Trinajstić information content (AvgIpc) is 3.01. The first kappa shape index (κ1) is 23.6. The van der Waals surface area contributed by atoms with Crippen LogP contribution in [0.2, 0.25) is 0 Å². The molecule has 2 aliphatic heterocycles. The smallest absolute Gasteiger partial charge is 0.270 e. The van der Waals surface area contributed by atoms with Gasteiger partial charge in [0.25, 0.3) is 5.91 Å². The van der Waals surface area contributed by atoms with E-state index in [2.05, 4.69) is 27.1 Å². The lowest BCUT2D eigenvalue weighted by Gasteiger charge is -2.31. The maximum atomic E-state index is 13.0. The van der Waals surface area contributed by atoms with Gasteiger partial charge in [0.1, 0.15) is 29.5 Å². The number of benzene rings is 1. The first-order valence-corrected chi connectivity index (χ1v) is 11.6. The van der Waals surface area contributed by atoms with Gasteiger partial charge >= 0.3 is 0 Å². The Morgan fingerprint density at radius 1 is 1.22 bits per heavy atom. The third-order valence-corrected chi connectivity index (χ3v) is 5.91. The molecule has 184 valence electrons. The first-order chi connectivity index (χ1) is 17.4. The van der Waals surface area contributed by atoms with Gasteiger partial charge in [-0.1, -0.05) is 5.92 Å². The Balaban J connectivity index is 1.24. The van der Waals surface area contributed by atoms with Crippen LogP contribution < -0.4 is 19.7 Å². The molecule has 9 nitrogen and oxygen atoms in total. The number of rotatable bonds is 4. The number of amides is 1. The number of ether oxygens (including phenoxy) is 3. The standard InChI is InChI=1S/C27H26N4O5/c1-18-3-5-22(15-29-18)36-21-8-11-28-23(14-21)26(32)30-20-16-31(2)24-13-19(4-6-25(24)34-17-20)7-9-27(33)10-12-35-27/h3-6,8,11,13-15,20,33H,10,12,16-17H2,1-2H3,(H,30,32)/t20-,27?/m1/s1. The molecule has 0 radical (unpaired) electrons. The van der Waals surface area contributed by atoms with Crippen LogP contribution in [0.25, 0.3) is 0 Å². The van der Waals surface area contributed by atoms with Gasteiger partial charge in [-0.3, -0.25) is 14.8 Å². The van der Waals surface area contributed by atoms with Gasteiger partial charge in [-0.05, 0) is 49.2 Å². The lowest BCUT2D eigenvalue weighted by Crippen LogP contribution is -2.45. The Labute approximate surface area is 209 Å². The summed E-state index contributed by atoms with van der Waals surface area (Å²) in [6.07, 6.45) is 3.67. The highest BCUT2D eigenvalue weighted by atomic mass is 16.6. The zero-order valence-electron chi connectivity index (χ0n) is 20.0. The number of nitrogens with zero attached hydrogens (tertiary/aromatic N) is 3. The Bertz CT molecular complexity index is 1330. The molecule has 2 aliphatic rings. The zero-order valence-corrected chi connectivity index (χ0v) is 20.0. The van der Waals surface area contributed by atoms with E-state index >= 15 is 0 Å². The monoisotopic (exact) mass is 486 g/mol. The summed E-state index contributed by atoms with van der Waals surface area (Å²) in [5, 5.41) is 13.0. The van der Waals surface area contributed by atoms with Crippen molar-refractivity contribution in [3.8, 4) is 29.1 Å². The first-order valence-electron chi connectivity index (χ1n) is 11.6. The normalized spacial score (nSPS) is 20.5.